The van der Waals surface area contributed by atoms with E-state index in [1.165, 1.54) is 12.1 Å². The Bertz CT molecular complexity index is 542. The number of carbonyl (C=O) groups excluding carboxylic acids is 1. The minimum Gasteiger partial charge on any atom is -0.399 e. The van der Waals surface area contributed by atoms with Crippen LogP contribution in [0.5, 0.6) is 0 Å². The van der Waals surface area contributed by atoms with Gasteiger partial charge in [-0.25, -0.2) is 0 Å². The maximum absolute atomic E-state index is 11.8. The van der Waals surface area contributed by atoms with Gasteiger partial charge in [-0.2, -0.15) is 0 Å². The van der Waals surface area contributed by atoms with Gasteiger partial charge in [0.25, 0.3) is 5.91 Å². The molecule has 88 valence electrons. The van der Waals surface area contributed by atoms with Crippen LogP contribution in [0.1, 0.15) is 16.1 Å². The topological polar surface area (TPSA) is 107 Å². The first kappa shape index (κ1) is 11.0. The highest BCUT2D eigenvalue weighted by atomic mass is 16.5. The predicted molar refractivity (Wildman–Crippen MR) is 64.5 cm³/mol. The number of nitrogens with two attached hydrogens (primary N) is 2. The van der Waals surface area contributed by atoms with E-state index in [1.807, 2.05) is 0 Å². The second-order valence-electron chi connectivity index (χ2n) is 3.68. The zero-order valence-electron chi connectivity index (χ0n) is 9.23. The number of rotatable bonds is 2. The second kappa shape index (κ2) is 4.17. The first-order valence-electron chi connectivity index (χ1n) is 4.95. The number of nitrogens with one attached hydrogen (secondary N) is 1. The second-order valence-corrected chi connectivity index (χ2v) is 3.68. The Hall–Kier alpha value is -2.50. The largest absolute Gasteiger partial charge is 0.399 e. The molecule has 1 amide bonds. The minimum absolute atomic E-state index is 0.286. The molecule has 6 heteroatoms. The highest BCUT2D eigenvalue weighted by Crippen LogP contribution is 2.16. The number of nitrogens with zero attached hydrogens (tertiary/aromatic N) is 1. The molecular weight excluding hydrogens is 220 g/mol. The fourth-order valence-electron chi connectivity index (χ4n) is 1.41. The summed E-state index contributed by atoms with van der Waals surface area (Å²) >= 11 is 0. The smallest absolute Gasteiger partial charge is 0.258 e. The van der Waals surface area contributed by atoms with Gasteiger partial charge in [-0.1, -0.05) is 5.16 Å². The van der Waals surface area contributed by atoms with Crippen molar-refractivity contribution in [3.05, 3.63) is 35.5 Å². The van der Waals surface area contributed by atoms with Gasteiger partial charge in [0.15, 0.2) is 0 Å². The summed E-state index contributed by atoms with van der Waals surface area (Å²) in [6, 6.07) is 6.27. The molecule has 2 aromatic rings. The summed E-state index contributed by atoms with van der Waals surface area (Å²) in [5.74, 6) is -0.0614. The standard InChI is InChI=1S/C11H12N4O2/c1-6-2-10(17-15-6)14-11(16)7-3-8(12)5-9(13)4-7/h2-5H,12-13H2,1H3,(H,14,16). The van der Waals surface area contributed by atoms with Crippen LogP contribution in [-0.4, -0.2) is 11.1 Å². The molecule has 0 unspecified atom stereocenters. The monoisotopic (exact) mass is 232 g/mol. The average molecular weight is 232 g/mol. The number of carbonyl (C=O) groups is 1. The number of hydrogen-bond acceptors (Lipinski definition) is 5. The first-order valence-corrected chi connectivity index (χ1v) is 4.95. The van der Waals surface area contributed by atoms with Crippen molar-refractivity contribution in [3.63, 3.8) is 0 Å². The van der Waals surface area contributed by atoms with Crippen molar-refractivity contribution in [1.29, 1.82) is 0 Å². The Morgan fingerprint density at radius 2 is 1.88 bits per heavy atom. The molecule has 0 radical (unpaired) electrons. The van der Waals surface area contributed by atoms with Crippen LogP contribution in [-0.2, 0) is 0 Å². The highest BCUT2D eigenvalue weighted by molar-refractivity contribution is 6.04. The van der Waals surface area contributed by atoms with E-state index < -0.39 is 0 Å². The lowest BCUT2D eigenvalue weighted by molar-refractivity contribution is 0.102. The van der Waals surface area contributed by atoms with E-state index in [2.05, 4.69) is 10.5 Å². The zero-order valence-corrected chi connectivity index (χ0v) is 9.23. The van der Waals surface area contributed by atoms with Crippen LogP contribution in [0, 0.1) is 6.92 Å². The summed E-state index contributed by atoms with van der Waals surface area (Å²) in [5, 5.41) is 6.21. The molecule has 0 atom stereocenters. The third-order valence-electron chi connectivity index (χ3n) is 2.10. The molecule has 0 aliphatic rings. The normalized spacial score (nSPS) is 10.2. The third kappa shape index (κ3) is 2.54. The van der Waals surface area contributed by atoms with Crippen molar-refractivity contribution in [2.24, 2.45) is 0 Å². The van der Waals surface area contributed by atoms with Gasteiger partial charge in [-0.3, -0.25) is 10.1 Å². The van der Waals surface area contributed by atoms with Gasteiger partial charge in [0, 0.05) is 23.0 Å². The van der Waals surface area contributed by atoms with Gasteiger partial charge in [-0.05, 0) is 25.1 Å². The molecule has 2 rings (SSSR count). The predicted octanol–water partition coefficient (Wildman–Crippen LogP) is 1.40. The van der Waals surface area contributed by atoms with Gasteiger partial charge in [0.2, 0.25) is 5.88 Å². The molecule has 0 saturated heterocycles. The van der Waals surface area contributed by atoms with Crippen LogP contribution < -0.4 is 16.8 Å². The van der Waals surface area contributed by atoms with E-state index >= 15 is 0 Å². The van der Waals surface area contributed by atoms with Crippen LogP contribution in [0.4, 0.5) is 17.3 Å². The van der Waals surface area contributed by atoms with Crippen LogP contribution in [0.15, 0.2) is 28.8 Å². The lowest BCUT2D eigenvalue weighted by atomic mass is 10.1. The molecule has 0 aliphatic carbocycles. The molecule has 1 aromatic heterocycles. The van der Waals surface area contributed by atoms with Crippen molar-refractivity contribution < 1.29 is 9.32 Å². The molecule has 0 spiro atoms. The van der Waals surface area contributed by atoms with Gasteiger partial charge in [0.05, 0.1) is 5.69 Å². The third-order valence-corrected chi connectivity index (χ3v) is 2.10. The Morgan fingerprint density at radius 1 is 1.24 bits per heavy atom. The van der Waals surface area contributed by atoms with Crippen molar-refractivity contribution in [2.75, 3.05) is 16.8 Å². The summed E-state index contributed by atoms with van der Waals surface area (Å²) in [6.07, 6.45) is 0. The Morgan fingerprint density at radius 3 is 2.41 bits per heavy atom. The van der Waals surface area contributed by atoms with Crippen molar-refractivity contribution in [2.45, 2.75) is 6.92 Å². The van der Waals surface area contributed by atoms with E-state index in [-0.39, 0.29) is 11.8 Å². The van der Waals surface area contributed by atoms with E-state index in [1.54, 1.807) is 19.1 Å². The first-order chi connectivity index (χ1) is 8.04. The van der Waals surface area contributed by atoms with Crippen LogP contribution in [0.2, 0.25) is 0 Å². The molecule has 0 fully saturated rings. The molecule has 1 heterocycles. The maximum atomic E-state index is 11.8. The van der Waals surface area contributed by atoms with E-state index in [4.69, 9.17) is 16.0 Å². The lowest BCUT2D eigenvalue weighted by Gasteiger charge is -2.03. The Labute approximate surface area is 97.6 Å². The fourth-order valence-corrected chi connectivity index (χ4v) is 1.41. The van der Waals surface area contributed by atoms with E-state index in [9.17, 15) is 4.79 Å². The molecule has 0 saturated carbocycles. The summed E-state index contributed by atoms with van der Waals surface area (Å²) in [5.41, 5.74) is 13.1. The molecule has 1 aromatic carbocycles. The number of nitrogen functional groups attached to an aromatic ring is 2. The van der Waals surface area contributed by atoms with Gasteiger partial charge in [-0.15, -0.1) is 0 Å². The zero-order chi connectivity index (χ0) is 12.4. The molecule has 6 nitrogen and oxygen atoms in total. The number of aromatic nitrogens is 1. The number of hydrogen-bond donors (Lipinski definition) is 3. The summed E-state index contributed by atoms with van der Waals surface area (Å²) in [6.45, 7) is 1.76. The molecular formula is C11H12N4O2. The Kier molecular flexibility index (Phi) is 2.70. The molecule has 0 aliphatic heterocycles. The SMILES string of the molecule is Cc1cc(NC(=O)c2cc(N)cc(N)c2)on1. The molecule has 17 heavy (non-hydrogen) atoms. The number of benzene rings is 1. The summed E-state index contributed by atoms with van der Waals surface area (Å²) in [7, 11) is 0. The van der Waals surface area contributed by atoms with Gasteiger partial charge in [0.1, 0.15) is 0 Å². The number of aryl methyl sites for hydroxylation is 1. The van der Waals surface area contributed by atoms with Crippen molar-refractivity contribution >= 4 is 23.2 Å². The Balaban J connectivity index is 2.19. The van der Waals surface area contributed by atoms with Crippen molar-refractivity contribution in [1.82, 2.24) is 5.16 Å². The lowest BCUT2D eigenvalue weighted by Crippen LogP contribution is -2.12. The average Bonchev–Trinajstić information content (AvgIpc) is 2.62. The van der Waals surface area contributed by atoms with Crippen molar-refractivity contribution in [3.8, 4) is 0 Å². The number of amides is 1. The van der Waals surface area contributed by atoms with Crippen LogP contribution in [0.25, 0.3) is 0 Å². The highest BCUT2D eigenvalue weighted by Gasteiger charge is 2.10. The number of anilines is 3. The minimum atomic E-state index is -0.347. The molecule has 5 N–H and O–H groups in total. The quantitative estimate of drug-likeness (QED) is 0.678. The van der Waals surface area contributed by atoms with Gasteiger partial charge >= 0.3 is 0 Å². The van der Waals surface area contributed by atoms with E-state index in [0.717, 1.165) is 0 Å². The summed E-state index contributed by atoms with van der Waals surface area (Å²) < 4.78 is 4.87. The molecule has 0 bridgehead atoms. The maximum Gasteiger partial charge on any atom is 0.258 e. The van der Waals surface area contributed by atoms with Crippen LogP contribution >= 0.6 is 0 Å². The van der Waals surface area contributed by atoms with Gasteiger partial charge < -0.3 is 16.0 Å². The van der Waals surface area contributed by atoms with E-state index in [0.29, 0.717) is 22.6 Å². The fraction of sp³-hybridized carbons (Fsp3) is 0.0909. The van der Waals surface area contributed by atoms with Crippen LogP contribution in [0.3, 0.4) is 0 Å². The summed E-state index contributed by atoms with van der Waals surface area (Å²) in [4.78, 5) is 11.8.